The Labute approximate surface area is 126 Å². The van der Waals surface area contributed by atoms with Crippen molar-refractivity contribution in [3.05, 3.63) is 59.8 Å². The lowest BCUT2D eigenvalue weighted by Crippen LogP contribution is -2.33. The quantitative estimate of drug-likeness (QED) is 0.643. The number of hydrogen-bond acceptors (Lipinski definition) is 1. The second-order valence-electron chi connectivity index (χ2n) is 5.89. The molecule has 0 atom stereocenters. The lowest BCUT2D eigenvalue weighted by Gasteiger charge is -2.10. The van der Waals surface area contributed by atoms with Crippen molar-refractivity contribution in [2.45, 2.75) is 26.7 Å². The molecule has 0 amide bonds. The number of rotatable bonds is 2. The molecule has 1 aromatic heterocycles. The largest absolute Gasteiger partial charge is 0.243 e. The van der Waals surface area contributed by atoms with Crippen LogP contribution in [0.5, 0.6) is 0 Å². The summed E-state index contributed by atoms with van der Waals surface area (Å²) in [6.45, 7) is 6.57. The van der Waals surface area contributed by atoms with E-state index < -0.39 is 0 Å². The van der Waals surface area contributed by atoms with Gasteiger partial charge < -0.3 is 0 Å². The van der Waals surface area contributed by atoms with Crippen molar-refractivity contribution in [3.63, 3.8) is 0 Å². The summed E-state index contributed by atoms with van der Waals surface area (Å²) in [5.74, 6) is 0.477. The molecule has 0 radical (unpaired) electrons. The van der Waals surface area contributed by atoms with E-state index in [0.717, 1.165) is 11.2 Å². The second kappa shape index (κ2) is 5.28. The summed E-state index contributed by atoms with van der Waals surface area (Å²) in [5.41, 5.74) is 7.26. The van der Waals surface area contributed by atoms with E-state index in [0.29, 0.717) is 5.92 Å². The average molecular weight is 277 g/mol. The molecule has 0 bridgehead atoms. The van der Waals surface area contributed by atoms with Crippen molar-refractivity contribution in [2.75, 3.05) is 0 Å². The van der Waals surface area contributed by atoms with Gasteiger partial charge in [-0.15, -0.1) is 0 Å². The van der Waals surface area contributed by atoms with E-state index >= 15 is 0 Å². The highest BCUT2D eigenvalue weighted by atomic mass is 15.0. The molecule has 0 fully saturated rings. The minimum absolute atomic E-state index is 0.477. The molecule has 1 heterocycles. The van der Waals surface area contributed by atoms with Crippen molar-refractivity contribution in [3.8, 4) is 11.3 Å². The molecule has 3 aromatic rings. The van der Waals surface area contributed by atoms with Crippen LogP contribution < -0.4 is 4.57 Å². The highest BCUT2D eigenvalue weighted by Gasteiger charge is 2.18. The Balaban J connectivity index is 2.29. The van der Waals surface area contributed by atoms with Gasteiger partial charge in [0.1, 0.15) is 18.8 Å². The first-order valence-electron chi connectivity index (χ1n) is 7.43. The Kier molecular flexibility index (Phi) is 3.46. The smallest absolute Gasteiger partial charge is 0.231 e. The summed E-state index contributed by atoms with van der Waals surface area (Å²) in [5, 5.41) is 0. The molecular formula is C19H21N2+. The minimum Gasteiger partial charge on any atom is -0.243 e. The molecule has 2 nitrogen and oxygen atoms in total. The fourth-order valence-corrected chi connectivity index (χ4v) is 2.88. The van der Waals surface area contributed by atoms with Gasteiger partial charge in [0.2, 0.25) is 11.2 Å². The van der Waals surface area contributed by atoms with Gasteiger partial charge in [0.25, 0.3) is 0 Å². The van der Waals surface area contributed by atoms with Gasteiger partial charge in [-0.1, -0.05) is 44.2 Å². The lowest BCUT2D eigenvalue weighted by atomic mass is 10.0. The number of fused-ring (bicyclic) bond motifs is 1. The van der Waals surface area contributed by atoms with Gasteiger partial charge >= 0.3 is 0 Å². The maximum Gasteiger partial charge on any atom is 0.231 e. The van der Waals surface area contributed by atoms with Crippen LogP contribution in [-0.2, 0) is 7.05 Å². The summed E-state index contributed by atoms with van der Waals surface area (Å²) >= 11 is 0. The Morgan fingerprint density at radius 3 is 2.48 bits per heavy atom. The number of para-hydroxylation sites is 1. The summed E-state index contributed by atoms with van der Waals surface area (Å²) < 4.78 is 2.25. The highest BCUT2D eigenvalue weighted by Crippen LogP contribution is 2.25. The first kappa shape index (κ1) is 13.7. The van der Waals surface area contributed by atoms with Gasteiger partial charge in [-0.25, -0.2) is 4.98 Å². The van der Waals surface area contributed by atoms with Gasteiger partial charge in [0.05, 0.1) is 5.56 Å². The van der Waals surface area contributed by atoms with Crippen LogP contribution in [0.1, 0.15) is 30.9 Å². The van der Waals surface area contributed by atoms with Gasteiger partial charge in [0.15, 0.2) is 0 Å². The standard InChI is InChI=1S/C19H21N2/c1-13(2)15-10-7-11-17-19(15)20-12-18(21(17)4)16-9-6-5-8-14(16)3/h5-13H,1-4H3/q+1. The maximum absolute atomic E-state index is 4.76. The number of aromatic nitrogens is 2. The summed E-state index contributed by atoms with van der Waals surface area (Å²) in [4.78, 5) is 4.76. The number of aryl methyl sites for hydroxylation is 2. The number of benzene rings is 2. The van der Waals surface area contributed by atoms with Gasteiger partial charge in [-0.05, 0) is 30.0 Å². The van der Waals surface area contributed by atoms with E-state index in [9.17, 15) is 0 Å². The molecule has 2 aromatic carbocycles. The van der Waals surface area contributed by atoms with Crippen LogP contribution in [0.2, 0.25) is 0 Å². The van der Waals surface area contributed by atoms with Crippen LogP contribution in [-0.4, -0.2) is 4.98 Å². The molecule has 0 aliphatic heterocycles. The average Bonchev–Trinajstić information content (AvgIpc) is 2.48. The lowest BCUT2D eigenvalue weighted by molar-refractivity contribution is -0.634. The van der Waals surface area contributed by atoms with Crippen molar-refractivity contribution in [1.82, 2.24) is 4.98 Å². The Hall–Kier alpha value is -2.22. The molecule has 0 N–H and O–H groups in total. The zero-order valence-electron chi connectivity index (χ0n) is 13.1. The molecule has 0 unspecified atom stereocenters. The minimum atomic E-state index is 0.477. The third-order valence-electron chi connectivity index (χ3n) is 4.13. The van der Waals surface area contributed by atoms with E-state index in [-0.39, 0.29) is 0 Å². The van der Waals surface area contributed by atoms with Crippen molar-refractivity contribution in [1.29, 1.82) is 0 Å². The van der Waals surface area contributed by atoms with E-state index in [4.69, 9.17) is 4.98 Å². The molecule has 2 heteroatoms. The Bertz CT molecular complexity index is 804. The predicted octanol–water partition coefficient (Wildman–Crippen LogP) is 4.16. The third kappa shape index (κ3) is 2.31. The molecule has 0 aliphatic carbocycles. The van der Waals surface area contributed by atoms with Crippen LogP contribution in [0.3, 0.4) is 0 Å². The predicted molar refractivity (Wildman–Crippen MR) is 87.2 cm³/mol. The molecular weight excluding hydrogens is 256 g/mol. The summed E-state index contributed by atoms with van der Waals surface area (Å²) in [6.07, 6.45) is 2.00. The summed E-state index contributed by atoms with van der Waals surface area (Å²) in [7, 11) is 2.12. The molecule has 3 rings (SSSR count). The fraction of sp³-hybridized carbons (Fsp3) is 0.263. The first-order valence-corrected chi connectivity index (χ1v) is 7.43. The molecule has 0 aliphatic rings. The van der Waals surface area contributed by atoms with Crippen molar-refractivity contribution < 1.29 is 4.57 Å². The first-order chi connectivity index (χ1) is 10.1. The zero-order chi connectivity index (χ0) is 15.0. The van der Waals surface area contributed by atoms with Crippen LogP contribution in [0, 0.1) is 6.92 Å². The highest BCUT2D eigenvalue weighted by molar-refractivity contribution is 5.77. The van der Waals surface area contributed by atoms with Gasteiger partial charge in [-0.2, -0.15) is 4.57 Å². The zero-order valence-corrected chi connectivity index (χ0v) is 13.1. The van der Waals surface area contributed by atoms with Crippen LogP contribution in [0.25, 0.3) is 22.3 Å². The number of hydrogen-bond donors (Lipinski definition) is 0. The van der Waals surface area contributed by atoms with Crippen molar-refractivity contribution >= 4 is 11.0 Å². The van der Waals surface area contributed by atoms with Gasteiger partial charge in [0, 0.05) is 6.07 Å². The molecule has 0 saturated carbocycles. The fourth-order valence-electron chi connectivity index (χ4n) is 2.88. The number of nitrogens with zero attached hydrogens (tertiary/aromatic N) is 2. The summed E-state index contributed by atoms with van der Waals surface area (Å²) in [6, 6.07) is 14.9. The normalized spacial score (nSPS) is 11.3. The molecule has 0 spiro atoms. The SMILES string of the molecule is Cc1ccccc1-c1cnc2c(C(C)C)cccc2[n+]1C. The van der Waals surface area contributed by atoms with Gasteiger partial charge in [-0.3, -0.25) is 0 Å². The Morgan fingerprint density at radius 2 is 1.76 bits per heavy atom. The Morgan fingerprint density at radius 1 is 1.00 bits per heavy atom. The van der Waals surface area contributed by atoms with E-state index in [1.54, 1.807) is 0 Å². The monoisotopic (exact) mass is 277 g/mol. The molecule has 21 heavy (non-hydrogen) atoms. The van der Waals surface area contributed by atoms with Crippen LogP contribution in [0.4, 0.5) is 0 Å². The van der Waals surface area contributed by atoms with Crippen LogP contribution >= 0.6 is 0 Å². The molecule has 0 saturated heterocycles. The maximum atomic E-state index is 4.76. The second-order valence-corrected chi connectivity index (χ2v) is 5.89. The third-order valence-corrected chi connectivity index (χ3v) is 4.13. The van der Waals surface area contributed by atoms with E-state index in [1.807, 2.05) is 6.20 Å². The van der Waals surface area contributed by atoms with Crippen molar-refractivity contribution in [2.24, 2.45) is 7.05 Å². The molecule has 106 valence electrons. The van der Waals surface area contributed by atoms with E-state index in [1.165, 1.54) is 22.2 Å². The topological polar surface area (TPSA) is 16.8 Å². The van der Waals surface area contributed by atoms with E-state index in [2.05, 4.69) is 74.9 Å². The van der Waals surface area contributed by atoms with Crippen LogP contribution in [0.15, 0.2) is 48.7 Å².